The van der Waals surface area contributed by atoms with Gasteiger partial charge in [-0.2, -0.15) is 0 Å². The molecule has 0 spiro atoms. The molecule has 1 nitrogen and oxygen atoms in total. The van der Waals surface area contributed by atoms with E-state index in [-0.39, 0.29) is 0 Å². The van der Waals surface area contributed by atoms with Crippen LogP contribution in [0.25, 0.3) is 49.7 Å². The fourth-order valence-corrected chi connectivity index (χ4v) is 8.56. The highest BCUT2D eigenvalue weighted by atomic mass is 31.1. The zero-order valence-electron chi connectivity index (χ0n) is 24.2. The molecule has 0 fully saturated rings. The molecule has 8 aromatic rings. The van der Waals surface area contributed by atoms with Gasteiger partial charge in [-0.05, 0) is 82.5 Å². The van der Waals surface area contributed by atoms with Crippen molar-refractivity contribution in [2.45, 2.75) is 0 Å². The molecule has 0 aliphatic heterocycles. The first-order valence-corrected chi connectivity index (χ1v) is 16.4. The summed E-state index contributed by atoms with van der Waals surface area (Å²) in [5.74, 6) is 0. The zero-order chi connectivity index (χ0) is 29.3. The van der Waals surface area contributed by atoms with Crippen molar-refractivity contribution in [1.82, 2.24) is 4.57 Å². The highest BCUT2D eigenvalue weighted by molar-refractivity contribution is 7.79. The van der Waals surface area contributed by atoms with Gasteiger partial charge in [0.25, 0.3) is 0 Å². The number of fused-ring (bicyclic) bond motifs is 3. The van der Waals surface area contributed by atoms with Gasteiger partial charge in [0.05, 0.1) is 11.0 Å². The van der Waals surface area contributed by atoms with Gasteiger partial charge in [0.2, 0.25) is 0 Å². The van der Waals surface area contributed by atoms with Gasteiger partial charge in [0.15, 0.2) is 0 Å². The minimum absolute atomic E-state index is 0.654. The largest absolute Gasteiger partial charge is 0.309 e. The van der Waals surface area contributed by atoms with Gasteiger partial charge in [-0.25, -0.2) is 0 Å². The van der Waals surface area contributed by atoms with E-state index in [0.29, 0.717) is 0 Å². The van der Waals surface area contributed by atoms with E-state index in [9.17, 15) is 0 Å². The number of benzene rings is 7. The molecule has 0 saturated heterocycles. The molecular formula is C42H30NP. The van der Waals surface area contributed by atoms with Crippen LogP contribution in [0.3, 0.4) is 0 Å². The number of nitrogens with zero attached hydrogens (tertiary/aromatic N) is 1. The topological polar surface area (TPSA) is 4.93 Å². The predicted molar refractivity (Wildman–Crippen MR) is 190 cm³/mol. The molecule has 1 heterocycles. The van der Waals surface area contributed by atoms with Crippen LogP contribution in [-0.4, -0.2) is 4.57 Å². The Morgan fingerprint density at radius 1 is 0.318 bits per heavy atom. The summed E-state index contributed by atoms with van der Waals surface area (Å²) in [4.78, 5) is 0. The van der Waals surface area contributed by atoms with Crippen LogP contribution in [0.4, 0.5) is 0 Å². The molecule has 2 heteroatoms. The van der Waals surface area contributed by atoms with E-state index < -0.39 is 7.92 Å². The summed E-state index contributed by atoms with van der Waals surface area (Å²) < 4.78 is 2.42. The lowest BCUT2D eigenvalue weighted by atomic mass is 10.0. The molecule has 0 N–H and O–H groups in total. The normalized spacial score (nSPS) is 11.4. The van der Waals surface area contributed by atoms with Gasteiger partial charge in [-0.1, -0.05) is 146 Å². The Labute approximate surface area is 259 Å². The first kappa shape index (κ1) is 26.4. The van der Waals surface area contributed by atoms with Gasteiger partial charge in [-0.3, -0.25) is 0 Å². The summed E-state index contributed by atoms with van der Waals surface area (Å²) >= 11 is 0. The van der Waals surface area contributed by atoms with Crippen molar-refractivity contribution in [1.29, 1.82) is 0 Å². The van der Waals surface area contributed by atoms with Crippen LogP contribution in [-0.2, 0) is 0 Å². The smallest absolute Gasteiger partial charge is 0.0541 e. The van der Waals surface area contributed by atoms with Crippen LogP contribution in [0.1, 0.15) is 0 Å². The Hall–Kier alpha value is -5.23. The molecule has 0 aliphatic rings. The Balaban J connectivity index is 1.30. The molecule has 0 amide bonds. The maximum Gasteiger partial charge on any atom is 0.0541 e. The predicted octanol–water partition coefficient (Wildman–Crippen LogP) is 9.88. The SMILES string of the molecule is c1ccc(-c2ccc3c(c2)c2cc(-c4ccccc4)ccc2n3-c2ccc(P(c3ccccc3)c3ccccc3)cc2)cc1. The second-order valence-corrected chi connectivity index (χ2v) is 13.3. The van der Waals surface area contributed by atoms with E-state index in [1.54, 1.807) is 0 Å². The zero-order valence-corrected chi connectivity index (χ0v) is 25.1. The van der Waals surface area contributed by atoms with Crippen molar-refractivity contribution < 1.29 is 0 Å². The van der Waals surface area contributed by atoms with Gasteiger partial charge < -0.3 is 4.57 Å². The lowest BCUT2D eigenvalue weighted by molar-refractivity contribution is 1.18. The number of rotatable bonds is 6. The quantitative estimate of drug-likeness (QED) is 0.173. The van der Waals surface area contributed by atoms with Crippen molar-refractivity contribution >= 4 is 45.6 Å². The Kier molecular flexibility index (Phi) is 6.87. The molecule has 0 atom stereocenters. The van der Waals surface area contributed by atoms with Crippen molar-refractivity contribution in [3.05, 3.63) is 182 Å². The van der Waals surface area contributed by atoms with Crippen LogP contribution >= 0.6 is 7.92 Å². The fraction of sp³-hybridized carbons (Fsp3) is 0. The second-order valence-electron chi connectivity index (χ2n) is 11.1. The average molecular weight is 580 g/mol. The molecule has 1 aromatic heterocycles. The van der Waals surface area contributed by atoms with Crippen LogP contribution in [0.5, 0.6) is 0 Å². The monoisotopic (exact) mass is 579 g/mol. The van der Waals surface area contributed by atoms with Crippen molar-refractivity contribution in [3.63, 3.8) is 0 Å². The Morgan fingerprint density at radius 3 is 1.14 bits per heavy atom. The van der Waals surface area contributed by atoms with E-state index in [2.05, 4.69) is 187 Å². The van der Waals surface area contributed by atoms with Crippen LogP contribution in [0.15, 0.2) is 182 Å². The molecular weight excluding hydrogens is 549 g/mol. The summed E-state index contributed by atoms with van der Waals surface area (Å²) in [7, 11) is -0.654. The third-order valence-electron chi connectivity index (χ3n) is 8.37. The fourth-order valence-electron chi connectivity index (χ4n) is 6.27. The molecule has 8 rings (SSSR count). The molecule has 0 saturated carbocycles. The molecule has 7 aromatic carbocycles. The third-order valence-corrected chi connectivity index (χ3v) is 10.8. The number of hydrogen-bond acceptors (Lipinski definition) is 0. The van der Waals surface area contributed by atoms with Gasteiger partial charge in [0, 0.05) is 16.5 Å². The highest BCUT2D eigenvalue weighted by Crippen LogP contribution is 2.38. The molecule has 0 unspecified atom stereocenters. The van der Waals surface area contributed by atoms with Crippen molar-refractivity contribution in [2.24, 2.45) is 0 Å². The lowest BCUT2D eigenvalue weighted by Crippen LogP contribution is -2.20. The van der Waals surface area contributed by atoms with E-state index in [0.717, 1.165) is 0 Å². The third kappa shape index (κ3) is 4.82. The molecule has 44 heavy (non-hydrogen) atoms. The number of aromatic nitrogens is 1. The van der Waals surface area contributed by atoms with Gasteiger partial charge in [0.1, 0.15) is 0 Å². The summed E-state index contributed by atoms with van der Waals surface area (Å²) in [6.07, 6.45) is 0. The van der Waals surface area contributed by atoms with E-state index >= 15 is 0 Å². The second kappa shape index (κ2) is 11.5. The van der Waals surface area contributed by atoms with Crippen molar-refractivity contribution in [2.75, 3.05) is 0 Å². The summed E-state index contributed by atoms with van der Waals surface area (Å²) in [6.45, 7) is 0. The maximum absolute atomic E-state index is 2.42. The lowest BCUT2D eigenvalue weighted by Gasteiger charge is -2.20. The first-order chi connectivity index (χ1) is 21.8. The van der Waals surface area contributed by atoms with E-state index in [4.69, 9.17) is 0 Å². The summed E-state index contributed by atoms with van der Waals surface area (Å²) in [6, 6.07) is 66.2. The minimum atomic E-state index is -0.654. The summed E-state index contributed by atoms with van der Waals surface area (Å²) in [5.41, 5.74) is 8.52. The van der Waals surface area contributed by atoms with Crippen LogP contribution in [0.2, 0.25) is 0 Å². The van der Waals surface area contributed by atoms with E-state index in [1.807, 2.05) is 0 Å². The molecule has 0 aliphatic carbocycles. The Morgan fingerprint density at radius 2 is 0.705 bits per heavy atom. The number of hydrogen-bond donors (Lipinski definition) is 0. The molecule has 0 radical (unpaired) electrons. The minimum Gasteiger partial charge on any atom is -0.309 e. The standard InChI is InChI=1S/C42H30NP/c1-5-13-31(14-6-1)33-21-27-41-39(29-33)40-30-34(32-15-7-2-8-16-32)22-28-42(40)43(41)35-23-25-38(26-24-35)44(36-17-9-3-10-18-36)37-19-11-4-12-20-37/h1-30H. The highest BCUT2D eigenvalue weighted by Gasteiger charge is 2.18. The average Bonchev–Trinajstić information content (AvgIpc) is 3.43. The maximum atomic E-state index is 2.42. The van der Waals surface area contributed by atoms with Gasteiger partial charge >= 0.3 is 0 Å². The first-order valence-electron chi connectivity index (χ1n) is 15.0. The van der Waals surface area contributed by atoms with Crippen LogP contribution in [0, 0.1) is 0 Å². The van der Waals surface area contributed by atoms with Gasteiger partial charge in [-0.15, -0.1) is 0 Å². The van der Waals surface area contributed by atoms with Crippen LogP contribution < -0.4 is 15.9 Å². The summed E-state index contributed by atoms with van der Waals surface area (Å²) in [5, 5.41) is 6.60. The molecule has 208 valence electrons. The van der Waals surface area contributed by atoms with E-state index in [1.165, 1.54) is 65.7 Å². The van der Waals surface area contributed by atoms with Crippen molar-refractivity contribution in [3.8, 4) is 27.9 Å². The Bertz CT molecular complexity index is 2050. The molecule has 0 bridgehead atoms.